The van der Waals surface area contributed by atoms with Crippen LogP contribution in [-0.2, 0) is 4.74 Å². The molecule has 2 aromatic heterocycles. The van der Waals surface area contributed by atoms with Gasteiger partial charge in [0.1, 0.15) is 12.0 Å². The molecule has 0 saturated heterocycles. The Bertz CT molecular complexity index is 816. The first kappa shape index (κ1) is 13.3. The lowest BCUT2D eigenvalue weighted by molar-refractivity contribution is 0.0595. The van der Waals surface area contributed by atoms with Crippen molar-refractivity contribution in [2.24, 2.45) is 0 Å². The monoisotopic (exact) mass is 281 g/mol. The molecule has 0 unspecified atom stereocenters. The molecule has 0 amide bonds. The van der Waals surface area contributed by atoms with Crippen LogP contribution in [0.2, 0.25) is 0 Å². The fourth-order valence-corrected chi connectivity index (χ4v) is 2.57. The van der Waals surface area contributed by atoms with Crippen molar-refractivity contribution in [3.8, 4) is 11.1 Å². The van der Waals surface area contributed by atoms with Gasteiger partial charge in [-0.05, 0) is 19.9 Å². The fraction of sp³-hybridized carbons (Fsp3) is 0.188. The molecule has 0 spiro atoms. The van der Waals surface area contributed by atoms with Gasteiger partial charge in [-0.1, -0.05) is 18.2 Å². The zero-order valence-electron chi connectivity index (χ0n) is 12.1. The standard InChI is InChI=1S/C16H15N3O2/c1-9-14(10(2)18-8-17-9)12-6-4-5-11-7-13(16(20)21-3)19-15(11)12/h4-8,19H,1-3H3. The molecular weight excluding hydrogens is 266 g/mol. The number of esters is 1. The lowest BCUT2D eigenvalue weighted by atomic mass is 10.0. The van der Waals surface area contributed by atoms with Crippen LogP contribution in [0.25, 0.3) is 22.0 Å². The van der Waals surface area contributed by atoms with Crippen LogP contribution in [0.15, 0.2) is 30.6 Å². The number of rotatable bonds is 2. The van der Waals surface area contributed by atoms with Gasteiger partial charge in [-0.15, -0.1) is 0 Å². The summed E-state index contributed by atoms with van der Waals surface area (Å²) in [7, 11) is 1.37. The number of benzene rings is 1. The van der Waals surface area contributed by atoms with Gasteiger partial charge < -0.3 is 9.72 Å². The van der Waals surface area contributed by atoms with E-state index in [2.05, 4.69) is 15.0 Å². The minimum absolute atomic E-state index is 0.380. The number of nitrogens with zero attached hydrogens (tertiary/aromatic N) is 2. The van der Waals surface area contributed by atoms with Gasteiger partial charge in [-0.25, -0.2) is 14.8 Å². The number of hydrogen-bond acceptors (Lipinski definition) is 4. The third-order valence-electron chi connectivity index (χ3n) is 3.56. The normalized spacial score (nSPS) is 10.8. The number of para-hydroxylation sites is 1. The molecular formula is C16H15N3O2. The Labute approximate surface area is 122 Å². The first-order chi connectivity index (χ1) is 10.1. The summed E-state index contributed by atoms with van der Waals surface area (Å²) in [5.41, 5.74) is 5.11. The smallest absolute Gasteiger partial charge is 0.354 e. The summed E-state index contributed by atoms with van der Waals surface area (Å²) in [5, 5.41) is 0.954. The quantitative estimate of drug-likeness (QED) is 0.733. The zero-order chi connectivity index (χ0) is 15.0. The minimum Gasteiger partial charge on any atom is -0.464 e. The topological polar surface area (TPSA) is 67.9 Å². The number of hydrogen-bond donors (Lipinski definition) is 1. The number of aryl methyl sites for hydroxylation is 2. The molecule has 5 heteroatoms. The molecule has 0 aliphatic rings. The van der Waals surface area contributed by atoms with Crippen molar-refractivity contribution in [2.75, 3.05) is 7.11 Å². The molecule has 1 N–H and O–H groups in total. The summed E-state index contributed by atoms with van der Waals surface area (Å²) in [6.07, 6.45) is 1.56. The number of carbonyl (C=O) groups excluding carboxylic acids is 1. The van der Waals surface area contributed by atoms with Gasteiger partial charge in [0.15, 0.2) is 0 Å². The van der Waals surface area contributed by atoms with E-state index in [9.17, 15) is 4.79 Å². The summed E-state index contributed by atoms with van der Waals surface area (Å²) >= 11 is 0. The average molecular weight is 281 g/mol. The first-order valence-electron chi connectivity index (χ1n) is 6.60. The van der Waals surface area contributed by atoms with Gasteiger partial charge >= 0.3 is 5.97 Å². The predicted octanol–water partition coefficient (Wildman–Crippen LogP) is 3.03. The van der Waals surface area contributed by atoms with Gasteiger partial charge in [0.05, 0.1) is 12.6 Å². The maximum atomic E-state index is 11.7. The summed E-state index contributed by atoms with van der Waals surface area (Å²) in [6.45, 7) is 3.90. The molecule has 0 bridgehead atoms. The summed E-state index contributed by atoms with van der Waals surface area (Å²) in [4.78, 5) is 23.4. The van der Waals surface area contributed by atoms with Crippen molar-refractivity contribution in [3.05, 3.63) is 47.7 Å². The molecule has 2 heterocycles. The number of aromatic amines is 1. The van der Waals surface area contributed by atoms with Crippen LogP contribution in [0.1, 0.15) is 21.9 Å². The Morgan fingerprint density at radius 3 is 2.57 bits per heavy atom. The maximum Gasteiger partial charge on any atom is 0.354 e. The number of methoxy groups -OCH3 is 1. The van der Waals surface area contributed by atoms with E-state index in [4.69, 9.17) is 4.74 Å². The van der Waals surface area contributed by atoms with Crippen LogP contribution in [0, 0.1) is 13.8 Å². The Morgan fingerprint density at radius 1 is 1.19 bits per heavy atom. The highest BCUT2D eigenvalue weighted by molar-refractivity contribution is 6.01. The SMILES string of the molecule is COC(=O)c1cc2cccc(-c3c(C)ncnc3C)c2[nH]1. The van der Waals surface area contributed by atoms with Crippen LogP contribution in [0.5, 0.6) is 0 Å². The Balaban J connectivity index is 2.28. The van der Waals surface area contributed by atoms with Crippen molar-refractivity contribution >= 4 is 16.9 Å². The van der Waals surface area contributed by atoms with Crippen molar-refractivity contribution in [1.29, 1.82) is 0 Å². The zero-order valence-corrected chi connectivity index (χ0v) is 12.1. The molecule has 0 aliphatic carbocycles. The fourth-order valence-electron chi connectivity index (χ4n) is 2.57. The van der Waals surface area contributed by atoms with E-state index in [-0.39, 0.29) is 5.97 Å². The highest BCUT2D eigenvalue weighted by Crippen LogP contribution is 2.31. The molecule has 1 aromatic carbocycles. The molecule has 0 atom stereocenters. The highest BCUT2D eigenvalue weighted by atomic mass is 16.5. The number of H-pyrrole nitrogens is 1. The van der Waals surface area contributed by atoms with Crippen LogP contribution in [-0.4, -0.2) is 28.0 Å². The van der Waals surface area contributed by atoms with E-state index < -0.39 is 0 Å². The van der Waals surface area contributed by atoms with Gasteiger partial charge in [0, 0.05) is 27.9 Å². The Kier molecular flexibility index (Phi) is 3.17. The molecule has 0 saturated carbocycles. The van der Waals surface area contributed by atoms with Gasteiger partial charge in [-0.2, -0.15) is 0 Å². The van der Waals surface area contributed by atoms with Gasteiger partial charge in [0.25, 0.3) is 0 Å². The molecule has 0 aliphatic heterocycles. The van der Waals surface area contributed by atoms with E-state index in [1.165, 1.54) is 7.11 Å². The maximum absolute atomic E-state index is 11.7. The third-order valence-corrected chi connectivity index (χ3v) is 3.56. The molecule has 21 heavy (non-hydrogen) atoms. The van der Waals surface area contributed by atoms with Crippen LogP contribution in [0.3, 0.4) is 0 Å². The first-order valence-corrected chi connectivity index (χ1v) is 6.60. The summed E-state index contributed by atoms with van der Waals surface area (Å²) in [5.74, 6) is -0.380. The summed E-state index contributed by atoms with van der Waals surface area (Å²) in [6, 6.07) is 7.70. The molecule has 3 rings (SSSR count). The molecule has 5 nitrogen and oxygen atoms in total. The molecule has 0 fully saturated rings. The van der Waals surface area contributed by atoms with Crippen molar-refractivity contribution < 1.29 is 9.53 Å². The van der Waals surface area contributed by atoms with Crippen LogP contribution < -0.4 is 0 Å². The predicted molar refractivity (Wildman–Crippen MR) is 80.1 cm³/mol. The second-order valence-electron chi connectivity index (χ2n) is 4.86. The largest absolute Gasteiger partial charge is 0.464 e. The number of aromatic nitrogens is 3. The van der Waals surface area contributed by atoms with Crippen molar-refractivity contribution in [2.45, 2.75) is 13.8 Å². The Morgan fingerprint density at radius 2 is 1.90 bits per heavy atom. The van der Waals surface area contributed by atoms with Crippen LogP contribution >= 0.6 is 0 Å². The number of fused-ring (bicyclic) bond motifs is 1. The van der Waals surface area contributed by atoms with E-state index in [0.29, 0.717) is 5.69 Å². The molecule has 106 valence electrons. The van der Waals surface area contributed by atoms with E-state index in [0.717, 1.165) is 33.4 Å². The highest BCUT2D eigenvalue weighted by Gasteiger charge is 2.15. The average Bonchev–Trinajstić information content (AvgIpc) is 2.91. The number of nitrogens with one attached hydrogen (secondary N) is 1. The van der Waals surface area contributed by atoms with E-state index in [1.54, 1.807) is 12.4 Å². The van der Waals surface area contributed by atoms with Gasteiger partial charge in [0.2, 0.25) is 0 Å². The van der Waals surface area contributed by atoms with Crippen molar-refractivity contribution in [1.82, 2.24) is 15.0 Å². The number of ether oxygens (including phenoxy) is 1. The van der Waals surface area contributed by atoms with Crippen molar-refractivity contribution in [3.63, 3.8) is 0 Å². The van der Waals surface area contributed by atoms with Gasteiger partial charge in [-0.3, -0.25) is 0 Å². The van der Waals surface area contributed by atoms with Crippen LogP contribution in [0.4, 0.5) is 0 Å². The number of carbonyl (C=O) groups is 1. The second kappa shape index (κ2) is 5.01. The minimum atomic E-state index is -0.380. The second-order valence-corrected chi connectivity index (χ2v) is 4.86. The third kappa shape index (κ3) is 2.16. The molecule has 0 radical (unpaired) electrons. The lowest BCUT2D eigenvalue weighted by Gasteiger charge is -2.09. The Hall–Kier alpha value is -2.69. The molecule has 3 aromatic rings. The van der Waals surface area contributed by atoms with E-state index >= 15 is 0 Å². The summed E-state index contributed by atoms with van der Waals surface area (Å²) < 4.78 is 4.76. The van der Waals surface area contributed by atoms with E-state index in [1.807, 2.05) is 32.0 Å². The lowest BCUT2D eigenvalue weighted by Crippen LogP contribution is -2.00.